The van der Waals surface area contributed by atoms with E-state index in [1.165, 1.54) is 42.6 Å². The standard InChI is InChI=1S/C16H24N2/c1-12-3-4-13(2)15(9-12)11-18-8-7-17-10-16(18)14-5-6-14/h3-4,9,14,16-17H,5-8,10-11H2,1-2H3. The van der Waals surface area contributed by atoms with Gasteiger partial charge in [0.2, 0.25) is 0 Å². The van der Waals surface area contributed by atoms with Gasteiger partial charge in [0.25, 0.3) is 0 Å². The summed E-state index contributed by atoms with van der Waals surface area (Å²) in [6.45, 7) is 9.11. The van der Waals surface area contributed by atoms with Gasteiger partial charge in [-0.15, -0.1) is 0 Å². The fraction of sp³-hybridized carbons (Fsp3) is 0.625. The zero-order chi connectivity index (χ0) is 12.5. The molecule has 1 saturated carbocycles. The van der Waals surface area contributed by atoms with Crippen LogP contribution >= 0.6 is 0 Å². The first-order valence-corrected chi connectivity index (χ1v) is 7.25. The highest BCUT2D eigenvalue weighted by Gasteiger charge is 2.36. The molecule has 1 saturated heterocycles. The van der Waals surface area contributed by atoms with Gasteiger partial charge in [-0.25, -0.2) is 0 Å². The van der Waals surface area contributed by atoms with Gasteiger partial charge < -0.3 is 5.32 Å². The Morgan fingerprint density at radius 2 is 2.11 bits per heavy atom. The summed E-state index contributed by atoms with van der Waals surface area (Å²) in [5, 5.41) is 3.56. The molecule has 0 amide bonds. The molecule has 18 heavy (non-hydrogen) atoms. The van der Waals surface area contributed by atoms with Crippen molar-refractivity contribution in [1.29, 1.82) is 0 Å². The fourth-order valence-electron chi connectivity index (χ4n) is 3.10. The van der Waals surface area contributed by atoms with Gasteiger partial charge in [-0.2, -0.15) is 0 Å². The van der Waals surface area contributed by atoms with E-state index in [0.717, 1.165) is 25.0 Å². The Bertz CT molecular complexity index is 423. The predicted molar refractivity (Wildman–Crippen MR) is 75.7 cm³/mol. The second-order valence-corrected chi connectivity index (χ2v) is 6.01. The Morgan fingerprint density at radius 1 is 1.28 bits per heavy atom. The minimum absolute atomic E-state index is 0.777. The van der Waals surface area contributed by atoms with Gasteiger partial charge in [0.1, 0.15) is 0 Å². The van der Waals surface area contributed by atoms with E-state index in [1.807, 2.05) is 0 Å². The number of rotatable bonds is 3. The van der Waals surface area contributed by atoms with Crippen LogP contribution in [-0.2, 0) is 6.54 Å². The SMILES string of the molecule is Cc1ccc(C)c(CN2CCNCC2C2CC2)c1. The molecule has 1 aromatic rings. The van der Waals surface area contributed by atoms with E-state index in [-0.39, 0.29) is 0 Å². The largest absolute Gasteiger partial charge is 0.314 e. The molecule has 98 valence electrons. The van der Waals surface area contributed by atoms with Crippen LogP contribution in [0.15, 0.2) is 18.2 Å². The molecule has 1 aromatic carbocycles. The van der Waals surface area contributed by atoms with Crippen LogP contribution in [0, 0.1) is 19.8 Å². The van der Waals surface area contributed by atoms with Crippen molar-refractivity contribution in [3.63, 3.8) is 0 Å². The van der Waals surface area contributed by atoms with Gasteiger partial charge in [-0.05, 0) is 43.7 Å². The summed E-state index contributed by atoms with van der Waals surface area (Å²) in [4.78, 5) is 2.70. The van der Waals surface area contributed by atoms with Crippen LogP contribution in [0.25, 0.3) is 0 Å². The van der Waals surface area contributed by atoms with E-state index < -0.39 is 0 Å². The van der Waals surface area contributed by atoms with E-state index in [9.17, 15) is 0 Å². The molecule has 0 bridgehead atoms. The van der Waals surface area contributed by atoms with Crippen LogP contribution in [0.5, 0.6) is 0 Å². The smallest absolute Gasteiger partial charge is 0.0252 e. The highest BCUT2D eigenvalue weighted by atomic mass is 15.2. The Hall–Kier alpha value is -0.860. The maximum absolute atomic E-state index is 3.56. The lowest BCUT2D eigenvalue weighted by Gasteiger charge is -2.37. The third-order valence-electron chi connectivity index (χ3n) is 4.44. The zero-order valence-electron chi connectivity index (χ0n) is 11.6. The van der Waals surface area contributed by atoms with Gasteiger partial charge in [-0.1, -0.05) is 23.8 Å². The summed E-state index contributed by atoms with van der Waals surface area (Å²) in [5.41, 5.74) is 4.34. The molecule has 1 N–H and O–H groups in total. The number of nitrogens with zero attached hydrogens (tertiary/aromatic N) is 1. The molecule has 3 rings (SSSR count). The van der Waals surface area contributed by atoms with Crippen LogP contribution in [-0.4, -0.2) is 30.6 Å². The molecule has 1 heterocycles. The number of aryl methyl sites for hydroxylation is 2. The van der Waals surface area contributed by atoms with Crippen LogP contribution in [0.4, 0.5) is 0 Å². The molecule has 2 heteroatoms. The first-order chi connectivity index (χ1) is 8.74. The van der Waals surface area contributed by atoms with Crippen LogP contribution in [0.2, 0.25) is 0 Å². The summed E-state index contributed by atoms with van der Waals surface area (Å²) in [6, 6.07) is 7.62. The molecule has 0 radical (unpaired) electrons. The lowest BCUT2D eigenvalue weighted by molar-refractivity contribution is 0.135. The summed E-state index contributed by atoms with van der Waals surface area (Å²) in [5.74, 6) is 0.961. The van der Waals surface area contributed by atoms with Crippen LogP contribution in [0.3, 0.4) is 0 Å². The van der Waals surface area contributed by atoms with Crippen LogP contribution < -0.4 is 5.32 Å². The van der Waals surface area contributed by atoms with E-state index in [4.69, 9.17) is 0 Å². The van der Waals surface area contributed by atoms with Crippen molar-refractivity contribution >= 4 is 0 Å². The molecular weight excluding hydrogens is 220 g/mol. The van der Waals surface area contributed by atoms with Crippen molar-refractivity contribution in [1.82, 2.24) is 10.2 Å². The van der Waals surface area contributed by atoms with Crippen molar-refractivity contribution < 1.29 is 0 Å². The van der Waals surface area contributed by atoms with Crippen molar-refractivity contribution in [3.8, 4) is 0 Å². The van der Waals surface area contributed by atoms with Gasteiger partial charge >= 0.3 is 0 Å². The Balaban J connectivity index is 1.75. The quantitative estimate of drug-likeness (QED) is 0.879. The fourth-order valence-corrected chi connectivity index (χ4v) is 3.10. The Morgan fingerprint density at radius 3 is 2.89 bits per heavy atom. The highest BCUT2D eigenvalue weighted by Crippen LogP contribution is 2.36. The number of benzene rings is 1. The maximum atomic E-state index is 3.56. The molecule has 2 aliphatic rings. The van der Waals surface area contributed by atoms with E-state index in [0.29, 0.717) is 0 Å². The van der Waals surface area contributed by atoms with Crippen LogP contribution in [0.1, 0.15) is 29.5 Å². The van der Waals surface area contributed by atoms with Gasteiger partial charge in [-0.3, -0.25) is 4.90 Å². The molecule has 1 atom stereocenters. The highest BCUT2D eigenvalue weighted by molar-refractivity contribution is 5.30. The molecule has 2 fully saturated rings. The minimum atomic E-state index is 0.777. The van der Waals surface area contributed by atoms with E-state index in [1.54, 1.807) is 0 Å². The molecule has 1 unspecified atom stereocenters. The molecule has 2 nitrogen and oxygen atoms in total. The normalized spacial score (nSPS) is 25.3. The topological polar surface area (TPSA) is 15.3 Å². The first kappa shape index (κ1) is 12.2. The lowest BCUT2D eigenvalue weighted by atomic mass is 10.0. The number of hydrogen-bond acceptors (Lipinski definition) is 2. The third kappa shape index (κ3) is 2.60. The third-order valence-corrected chi connectivity index (χ3v) is 4.44. The van der Waals surface area contributed by atoms with Crippen molar-refractivity contribution in [3.05, 3.63) is 34.9 Å². The second-order valence-electron chi connectivity index (χ2n) is 6.01. The Labute approximate surface area is 110 Å². The maximum Gasteiger partial charge on any atom is 0.0252 e. The number of hydrogen-bond donors (Lipinski definition) is 1. The molecule has 1 aliphatic carbocycles. The monoisotopic (exact) mass is 244 g/mol. The van der Waals surface area contributed by atoms with E-state index >= 15 is 0 Å². The zero-order valence-corrected chi connectivity index (χ0v) is 11.6. The molecule has 0 spiro atoms. The Kier molecular flexibility index (Phi) is 3.40. The number of nitrogens with one attached hydrogen (secondary N) is 1. The second kappa shape index (κ2) is 5.02. The predicted octanol–water partition coefficient (Wildman–Crippen LogP) is 2.49. The summed E-state index contributed by atoms with van der Waals surface area (Å²) >= 11 is 0. The summed E-state index contributed by atoms with van der Waals surface area (Å²) in [6.07, 6.45) is 2.88. The average molecular weight is 244 g/mol. The average Bonchev–Trinajstić information content (AvgIpc) is 3.19. The summed E-state index contributed by atoms with van der Waals surface area (Å²) in [7, 11) is 0. The van der Waals surface area contributed by atoms with Crippen molar-refractivity contribution in [2.75, 3.05) is 19.6 Å². The number of piperazine rings is 1. The molecule has 0 aromatic heterocycles. The molecular formula is C16H24N2. The first-order valence-electron chi connectivity index (χ1n) is 7.25. The van der Waals surface area contributed by atoms with Gasteiger partial charge in [0.15, 0.2) is 0 Å². The lowest BCUT2D eigenvalue weighted by Crippen LogP contribution is -2.51. The van der Waals surface area contributed by atoms with Crippen molar-refractivity contribution in [2.45, 2.75) is 39.3 Å². The summed E-state index contributed by atoms with van der Waals surface area (Å²) < 4.78 is 0. The minimum Gasteiger partial charge on any atom is -0.314 e. The van der Waals surface area contributed by atoms with Gasteiger partial charge in [0.05, 0.1) is 0 Å². The van der Waals surface area contributed by atoms with Gasteiger partial charge in [0, 0.05) is 32.2 Å². The molecule has 1 aliphatic heterocycles. The van der Waals surface area contributed by atoms with Crippen molar-refractivity contribution in [2.24, 2.45) is 5.92 Å². The van der Waals surface area contributed by atoms with E-state index in [2.05, 4.69) is 42.3 Å².